The van der Waals surface area contributed by atoms with Crippen LogP contribution in [0.15, 0.2) is 140 Å². The van der Waals surface area contributed by atoms with Crippen molar-refractivity contribution in [1.29, 1.82) is 0 Å². The number of aromatic nitrogens is 3. The number of para-hydroxylation sites is 1. The fourth-order valence-electron chi connectivity index (χ4n) is 6.84. The summed E-state index contributed by atoms with van der Waals surface area (Å²) in [7, 11) is 0. The Morgan fingerprint density at radius 2 is 1.13 bits per heavy atom. The van der Waals surface area contributed by atoms with E-state index in [0.29, 0.717) is 5.95 Å². The summed E-state index contributed by atoms with van der Waals surface area (Å²) in [6.45, 7) is 0. The number of hydrogen-bond acceptors (Lipinski definition) is 4. The minimum absolute atomic E-state index is 0.699. The van der Waals surface area contributed by atoms with E-state index < -0.39 is 0 Å². The van der Waals surface area contributed by atoms with Crippen molar-refractivity contribution < 1.29 is 0 Å². The summed E-state index contributed by atoms with van der Waals surface area (Å²) in [5.74, 6) is 0.699. The average molecular weight is 610 g/mol. The van der Waals surface area contributed by atoms with Crippen LogP contribution < -0.4 is 0 Å². The zero-order chi connectivity index (χ0) is 29.5. The van der Waals surface area contributed by atoms with Crippen LogP contribution in [-0.4, -0.2) is 14.5 Å². The molecule has 0 saturated heterocycles. The molecule has 0 aliphatic carbocycles. The van der Waals surface area contributed by atoms with Crippen molar-refractivity contribution in [2.75, 3.05) is 0 Å². The number of hydrogen-bond donors (Lipinski definition) is 0. The van der Waals surface area contributed by atoms with Gasteiger partial charge in [-0.25, -0.2) is 9.97 Å². The van der Waals surface area contributed by atoms with E-state index in [4.69, 9.17) is 9.97 Å². The molecule has 0 aliphatic rings. The van der Waals surface area contributed by atoms with Crippen LogP contribution in [0, 0.1) is 0 Å². The Kier molecular flexibility index (Phi) is 5.32. The molecule has 0 bridgehead atoms. The van der Waals surface area contributed by atoms with Crippen molar-refractivity contribution in [3.05, 3.63) is 140 Å². The molecule has 5 heteroatoms. The summed E-state index contributed by atoms with van der Waals surface area (Å²) in [5.41, 5.74) is 6.68. The van der Waals surface area contributed by atoms with Crippen LogP contribution in [0.5, 0.6) is 0 Å². The lowest BCUT2D eigenvalue weighted by Gasteiger charge is -2.11. The highest BCUT2D eigenvalue weighted by atomic mass is 32.1. The van der Waals surface area contributed by atoms with Crippen LogP contribution in [0.2, 0.25) is 0 Å². The van der Waals surface area contributed by atoms with Gasteiger partial charge in [0.25, 0.3) is 0 Å². The van der Waals surface area contributed by atoms with Gasteiger partial charge in [0.2, 0.25) is 5.95 Å². The highest BCUT2D eigenvalue weighted by Crippen LogP contribution is 2.44. The van der Waals surface area contributed by atoms with Crippen molar-refractivity contribution in [2.24, 2.45) is 0 Å². The van der Waals surface area contributed by atoms with E-state index in [9.17, 15) is 0 Å². The van der Waals surface area contributed by atoms with E-state index in [1.807, 2.05) is 11.3 Å². The Morgan fingerprint density at radius 3 is 2.00 bits per heavy atom. The summed E-state index contributed by atoms with van der Waals surface area (Å²) in [6.07, 6.45) is 0. The largest absolute Gasteiger partial charge is 0.276 e. The lowest BCUT2D eigenvalue weighted by Crippen LogP contribution is -2.02. The van der Waals surface area contributed by atoms with Crippen LogP contribution in [0.25, 0.3) is 90.6 Å². The molecule has 0 atom stereocenters. The molecule has 0 unspecified atom stereocenters. The Bertz CT molecular complexity index is 2770. The molecular weight excluding hydrogens is 587 g/mol. The average Bonchev–Trinajstić information content (AvgIpc) is 3.78. The second-order valence-electron chi connectivity index (χ2n) is 11.4. The molecule has 10 aromatic rings. The first-order valence-corrected chi connectivity index (χ1v) is 16.6. The summed E-state index contributed by atoms with van der Waals surface area (Å²) < 4.78 is 6.07. The number of fused-ring (bicyclic) bond motifs is 10. The number of rotatable bonds is 3. The molecule has 0 spiro atoms. The fraction of sp³-hybridized carbons (Fsp3) is 0. The SMILES string of the molecule is c1ccc(-c2cccc(-c3nc(-n4c5ccccc5c5ccc6c7ccccc7sc6c54)nc4sc5ccccc5c34)c2)cc1. The standard InChI is InChI=1S/C40H23N3S2/c1-2-11-24(12-3-1)25-13-10-14-26(23-25)36-35-31-17-6-9-20-34(31)45-39(35)42-40(41-36)43-32-18-7-4-15-27(32)29-21-22-30-28-16-5-8-19-33(28)44-38(30)37(29)43/h1-23H. The zero-order valence-corrected chi connectivity index (χ0v) is 25.6. The molecule has 210 valence electrons. The minimum Gasteiger partial charge on any atom is -0.276 e. The third-order valence-corrected chi connectivity index (χ3v) is 11.1. The Balaban J connectivity index is 1.34. The van der Waals surface area contributed by atoms with Crippen molar-refractivity contribution in [1.82, 2.24) is 14.5 Å². The monoisotopic (exact) mass is 609 g/mol. The van der Waals surface area contributed by atoms with Crippen LogP contribution in [0.3, 0.4) is 0 Å². The second kappa shape index (κ2) is 9.57. The molecule has 0 saturated carbocycles. The van der Waals surface area contributed by atoms with E-state index in [1.165, 1.54) is 57.7 Å². The molecule has 0 fully saturated rings. The third kappa shape index (κ3) is 3.69. The maximum absolute atomic E-state index is 5.49. The zero-order valence-electron chi connectivity index (χ0n) is 23.9. The highest BCUT2D eigenvalue weighted by molar-refractivity contribution is 7.26. The van der Waals surface area contributed by atoms with Gasteiger partial charge in [-0.3, -0.25) is 4.57 Å². The van der Waals surface area contributed by atoms with Gasteiger partial charge in [-0.15, -0.1) is 22.7 Å². The molecule has 0 amide bonds. The first-order valence-electron chi connectivity index (χ1n) is 15.0. The fourth-order valence-corrected chi connectivity index (χ4v) is 9.15. The van der Waals surface area contributed by atoms with Crippen molar-refractivity contribution >= 4 is 85.0 Å². The molecule has 4 heterocycles. The van der Waals surface area contributed by atoms with Gasteiger partial charge in [-0.2, -0.15) is 0 Å². The third-order valence-electron chi connectivity index (χ3n) is 8.85. The van der Waals surface area contributed by atoms with Gasteiger partial charge in [0, 0.05) is 47.3 Å². The van der Waals surface area contributed by atoms with Gasteiger partial charge in [0.1, 0.15) is 4.83 Å². The second-order valence-corrected chi connectivity index (χ2v) is 13.5. The Labute approximate surface area is 266 Å². The van der Waals surface area contributed by atoms with E-state index in [0.717, 1.165) is 27.0 Å². The van der Waals surface area contributed by atoms with Crippen molar-refractivity contribution in [2.45, 2.75) is 0 Å². The molecule has 6 aromatic carbocycles. The van der Waals surface area contributed by atoms with Crippen molar-refractivity contribution in [3.63, 3.8) is 0 Å². The molecule has 0 radical (unpaired) electrons. The molecule has 0 aliphatic heterocycles. The maximum Gasteiger partial charge on any atom is 0.236 e. The predicted molar refractivity (Wildman–Crippen MR) is 193 cm³/mol. The first-order chi connectivity index (χ1) is 22.3. The lowest BCUT2D eigenvalue weighted by molar-refractivity contribution is 1.02. The summed E-state index contributed by atoms with van der Waals surface area (Å²) in [4.78, 5) is 11.8. The van der Waals surface area contributed by atoms with Gasteiger partial charge < -0.3 is 0 Å². The molecule has 3 nitrogen and oxygen atoms in total. The summed E-state index contributed by atoms with van der Waals surface area (Å²) in [6, 6.07) is 49.8. The number of thiophene rings is 2. The van der Waals surface area contributed by atoms with Crippen LogP contribution in [0.4, 0.5) is 0 Å². The molecule has 45 heavy (non-hydrogen) atoms. The molecule has 10 rings (SSSR count). The summed E-state index contributed by atoms with van der Waals surface area (Å²) in [5, 5.41) is 7.29. The topological polar surface area (TPSA) is 30.7 Å². The van der Waals surface area contributed by atoms with Crippen molar-refractivity contribution in [3.8, 4) is 28.3 Å². The van der Waals surface area contributed by atoms with Gasteiger partial charge in [-0.1, -0.05) is 115 Å². The smallest absolute Gasteiger partial charge is 0.236 e. The number of benzene rings is 6. The Morgan fingerprint density at radius 1 is 0.467 bits per heavy atom. The minimum atomic E-state index is 0.699. The van der Waals surface area contributed by atoms with Crippen LogP contribution in [0.1, 0.15) is 0 Å². The highest BCUT2D eigenvalue weighted by Gasteiger charge is 2.22. The van der Waals surface area contributed by atoms with E-state index >= 15 is 0 Å². The van der Waals surface area contributed by atoms with E-state index in [1.54, 1.807) is 11.3 Å². The van der Waals surface area contributed by atoms with E-state index in [-0.39, 0.29) is 0 Å². The van der Waals surface area contributed by atoms with Gasteiger partial charge >= 0.3 is 0 Å². The molecule has 4 aromatic heterocycles. The van der Waals surface area contributed by atoms with Crippen LogP contribution >= 0.6 is 22.7 Å². The molecular formula is C40H23N3S2. The summed E-state index contributed by atoms with van der Waals surface area (Å²) >= 11 is 3.59. The lowest BCUT2D eigenvalue weighted by atomic mass is 10.00. The van der Waals surface area contributed by atoms with Gasteiger partial charge in [-0.05, 0) is 35.4 Å². The quantitative estimate of drug-likeness (QED) is 0.199. The Hall–Kier alpha value is -5.36. The van der Waals surface area contributed by atoms with E-state index in [2.05, 4.69) is 144 Å². The molecule has 0 N–H and O–H groups in total. The van der Waals surface area contributed by atoms with Crippen LogP contribution in [-0.2, 0) is 0 Å². The predicted octanol–water partition coefficient (Wildman–Crippen LogP) is 11.6. The van der Waals surface area contributed by atoms with Gasteiger partial charge in [0.05, 0.1) is 21.4 Å². The van der Waals surface area contributed by atoms with Gasteiger partial charge in [0.15, 0.2) is 0 Å². The maximum atomic E-state index is 5.49. The first kappa shape index (κ1) is 25.0. The number of nitrogens with zero attached hydrogens (tertiary/aromatic N) is 3. The normalized spacial score (nSPS) is 12.0.